The smallest absolute Gasteiger partial charge is 0.151 e. The number of hydrogen-bond acceptors (Lipinski definition) is 5. The van der Waals surface area contributed by atoms with Gasteiger partial charge in [0.05, 0.1) is 6.54 Å². The molecule has 2 heterocycles. The van der Waals surface area contributed by atoms with Crippen LogP contribution in [0.25, 0.3) is 0 Å². The largest absolute Gasteiger partial charge is 0.362 e. The zero-order valence-electron chi connectivity index (χ0n) is 10.4. The molecule has 0 aromatic carbocycles. The zero-order chi connectivity index (χ0) is 12.4. The van der Waals surface area contributed by atoms with Crippen LogP contribution in [0.5, 0.6) is 0 Å². The van der Waals surface area contributed by atoms with Crippen molar-refractivity contribution in [2.24, 2.45) is 7.05 Å². The Morgan fingerprint density at radius 3 is 3.00 bits per heavy atom. The van der Waals surface area contributed by atoms with Crippen LogP contribution in [0.2, 0.25) is 0 Å². The van der Waals surface area contributed by atoms with Crippen molar-refractivity contribution in [3.05, 3.63) is 29.7 Å². The molecule has 0 saturated heterocycles. The normalized spacial score (nSPS) is 14.3. The molecule has 6 heteroatoms. The molecule has 1 N–H and O–H groups in total. The Morgan fingerprint density at radius 2 is 2.17 bits per heavy atom. The summed E-state index contributed by atoms with van der Waals surface area (Å²) in [5.41, 5.74) is 2.46. The molecule has 2 aromatic heterocycles. The third-order valence-electron chi connectivity index (χ3n) is 3.34. The number of hydrogen-bond donors (Lipinski definition) is 1. The number of fused-ring (bicyclic) bond motifs is 1. The average Bonchev–Trinajstić information content (AvgIpc) is 2.82. The number of anilines is 1. The molecule has 2 aromatic rings. The van der Waals surface area contributed by atoms with Crippen LogP contribution >= 0.6 is 0 Å². The number of rotatable bonds is 3. The standard InChI is InChI=1S/C12H16N6/c1-18-8-16-17-11(18)6-13-12-9-4-2-3-5-10(9)14-7-15-12/h7-8H,2-6H2,1H3,(H,13,14,15). The highest BCUT2D eigenvalue weighted by molar-refractivity contribution is 5.46. The van der Waals surface area contributed by atoms with Crippen molar-refractivity contribution in [2.75, 3.05) is 5.32 Å². The first kappa shape index (κ1) is 11.1. The molecular formula is C12H16N6. The quantitative estimate of drug-likeness (QED) is 0.875. The summed E-state index contributed by atoms with van der Waals surface area (Å²) in [6, 6.07) is 0. The van der Waals surface area contributed by atoms with Crippen molar-refractivity contribution in [1.82, 2.24) is 24.7 Å². The summed E-state index contributed by atoms with van der Waals surface area (Å²) in [5, 5.41) is 11.3. The summed E-state index contributed by atoms with van der Waals surface area (Å²) >= 11 is 0. The average molecular weight is 244 g/mol. The van der Waals surface area contributed by atoms with Crippen molar-refractivity contribution < 1.29 is 0 Å². The first-order chi connectivity index (χ1) is 8.84. The molecule has 0 fully saturated rings. The Hall–Kier alpha value is -1.98. The molecule has 0 spiro atoms. The molecule has 94 valence electrons. The maximum atomic E-state index is 4.36. The van der Waals surface area contributed by atoms with Gasteiger partial charge in [0.1, 0.15) is 18.5 Å². The molecule has 1 aliphatic carbocycles. The molecular weight excluding hydrogens is 228 g/mol. The number of aryl methyl sites for hydroxylation is 2. The molecule has 0 unspecified atom stereocenters. The highest BCUT2D eigenvalue weighted by Crippen LogP contribution is 2.24. The second kappa shape index (κ2) is 4.72. The van der Waals surface area contributed by atoms with Crippen LogP contribution in [-0.2, 0) is 26.4 Å². The van der Waals surface area contributed by atoms with Crippen LogP contribution in [0.1, 0.15) is 29.9 Å². The summed E-state index contributed by atoms with van der Waals surface area (Å²) in [7, 11) is 1.94. The van der Waals surface area contributed by atoms with E-state index in [0.717, 1.165) is 24.5 Å². The van der Waals surface area contributed by atoms with Crippen LogP contribution < -0.4 is 5.32 Å². The van der Waals surface area contributed by atoms with E-state index in [1.165, 1.54) is 24.1 Å². The van der Waals surface area contributed by atoms with E-state index in [2.05, 4.69) is 25.5 Å². The number of nitrogens with zero attached hydrogens (tertiary/aromatic N) is 5. The van der Waals surface area contributed by atoms with Gasteiger partial charge >= 0.3 is 0 Å². The number of nitrogens with one attached hydrogen (secondary N) is 1. The third kappa shape index (κ3) is 2.05. The van der Waals surface area contributed by atoms with Gasteiger partial charge in [-0.2, -0.15) is 0 Å². The number of aromatic nitrogens is 5. The van der Waals surface area contributed by atoms with E-state index in [1.54, 1.807) is 12.7 Å². The van der Waals surface area contributed by atoms with Gasteiger partial charge in [-0.15, -0.1) is 10.2 Å². The molecule has 6 nitrogen and oxygen atoms in total. The first-order valence-electron chi connectivity index (χ1n) is 6.24. The van der Waals surface area contributed by atoms with Gasteiger partial charge in [0.15, 0.2) is 5.82 Å². The fourth-order valence-corrected chi connectivity index (χ4v) is 2.30. The van der Waals surface area contributed by atoms with Gasteiger partial charge in [0.25, 0.3) is 0 Å². The molecule has 3 rings (SSSR count). The van der Waals surface area contributed by atoms with Gasteiger partial charge in [-0.3, -0.25) is 0 Å². The van der Waals surface area contributed by atoms with Gasteiger partial charge < -0.3 is 9.88 Å². The van der Waals surface area contributed by atoms with Crippen LogP contribution in [-0.4, -0.2) is 24.7 Å². The van der Waals surface area contributed by atoms with E-state index in [-0.39, 0.29) is 0 Å². The second-order valence-electron chi connectivity index (χ2n) is 4.57. The summed E-state index contributed by atoms with van der Waals surface area (Å²) in [5.74, 6) is 1.85. The lowest BCUT2D eigenvalue weighted by atomic mass is 9.96. The maximum Gasteiger partial charge on any atom is 0.151 e. The lowest BCUT2D eigenvalue weighted by Crippen LogP contribution is -2.13. The van der Waals surface area contributed by atoms with E-state index in [9.17, 15) is 0 Å². The van der Waals surface area contributed by atoms with E-state index in [0.29, 0.717) is 6.54 Å². The van der Waals surface area contributed by atoms with Crippen molar-refractivity contribution in [1.29, 1.82) is 0 Å². The molecule has 0 atom stereocenters. The Bertz CT molecular complexity index is 547. The van der Waals surface area contributed by atoms with Gasteiger partial charge in [0, 0.05) is 18.3 Å². The molecule has 18 heavy (non-hydrogen) atoms. The van der Waals surface area contributed by atoms with Crippen molar-refractivity contribution in [3.63, 3.8) is 0 Å². The summed E-state index contributed by atoms with van der Waals surface area (Å²) in [6.45, 7) is 0.639. The Labute approximate surface area is 105 Å². The Morgan fingerprint density at radius 1 is 1.28 bits per heavy atom. The zero-order valence-corrected chi connectivity index (χ0v) is 10.4. The minimum absolute atomic E-state index is 0.639. The van der Waals surface area contributed by atoms with Crippen LogP contribution in [0.15, 0.2) is 12.7 Å². The molecule has 0 aliphatic heterocycles. The van der Waals surface area contributed by atoms with Crippen LogP contribution in [0.4, 0.5) is 5.82 Å². The summed E-state index contributed by atoms with van der Waals surface area (Å²) in [6.07, 6.45) is 7.93. The highest BCUT2D eigenvalue weighted by atomic mass is 15.3. The third-order valence-corrected chi connectivity index (χ3v) is 3.34. The van der Waals surface area contributed by atoms with Crippen molar-refractivity contribution >= 4 is 5.82 Å². The molecule has 0 bridgehead atoms. The summed E-state index contributed by atoms with van der Waals surface area (Å²) in [4.78, 5) is 8.70. The van der Waals surface area contributed by atoms with E-state index in [1.807, 2.05) is 11.6 Å². The second-order valence-corrected chi connectivity index (χ2v) is 4.57. The fraction of sp³-hybridized carbons (Fsp3) is 0.500. The van der Waals surface area contributed by atoms with Gasteiger partial charge in [-0.1, -0.05) is 0 Å². The van der Waals surface area contributed by atoms with Gasteiger partial charge in [-0.25, -0.2) is 9.97 Å². The molecule has 1 aliphatic rings. The lowest BCUT2D eigenvalue weighted by Gasteiger charge is -2.17. The lowest BCUT2D eigenvalue weighted by molar-refractivity contribution is 0.662. The highest BCUT2D eigenvalue weighted by Gasteiger charge is 2.15. The van der Waals surface area contributed by atoms with Crippen LogP contribution in [0.3, 0.4) is 0 Å². The van der Waals surface area contributed by atoms with Crippen molar-refractivity contribution in [2.45, 2.75) is 32.2 Å². The fourth-order valence-electron chi connectivity index (χ4n) is 2.30. The predicted octanol–water partition coefficient (Wildman–Crippen LogP) is 1.10. The van der Waals surface area contributed by atoms with Crippen molar-refractivity contribution in [3.8, 4) is 0 Å². The summed E-state index contributed by atoms with van der Waals surface area (Å²) < 4.78 is 1.90. The SMILES string of the molecule is Cn1cnnc1CNc1ncnc2c1CCCC2. The van der Waals surface area contributed by atoms with Gasteiger partial charge in [-0.05, 0) is 25.7 Å². The topological polar surface area (TPSA) is 68.5 Å². The first-order valence-corrected chi connectivity index (χ1v) is 6.24. The monoisotopic (exact) mass is 244 g/mol. The van der Waals surface area contributed by atoms with Crippen LogP contribution in [0, 0.1) is 0 Å². The molecule has 0 radical (unpaired) electrons. The minimum atomic E-state index is 0.639. The Kier molecular flexibility index (Phi) is 2.92. The minimum Gasteiger partial charge on any atom is -0.362 e. The van der Waals surface area contributed by atoms with E-state index < -0.39 is 0 Å². The molecule has 0 amide bonds. The van der Waals surface area contributed by atoms with E-state index in [4.69, 9.17) is 0 Å². The molecule has 0 saturated carbocycles. The maximum absolute atomic E-state index is 4.36. The van der Waals surface area contributed by atoms with E-state index >= 15 is 0 Å². The predicted molar refractivity (Wildman–Crippen MR) is 67.0 cm³/mol. The van der Waals surface area contributed by atoms with Gasteiger partial charge in [0.2, 0.25) is 0 Å². The Balaban J connectivity index is 1.79.